The molecule has 36 nitrogen and oxygen atoms in total. The molecule has 4 aromatic carbocycles. The maximum Gasteiger partial charge on any atom is 0.222 e. The van der Waals surface area contributed by atoms with E-state index in [4.69, 9.17) is 45.1 Å². The first-order valence-electron chi connectivity index (χ1n) is 48.2. The Morgan fingerprint density at radius 2 is 0.613 bits per heavy atom. The van der Waals surface area contributed by atoms with Crippen LogP contribution in [-0.2, 0) is 137 Å². The van der Waals surface area contributed by atoms with Gasteiger partial charge < -0.3 is 52.4 Å². The Kier molecular flexibility index (Phi) is 23.5. The van der Waals surface area contributed by atoms with Gasteiger partial charge in [0.05, 0.1) is 131 Å². The molecule has 0 radical (unpaired) electrons. The number of aryl methyl sites for hydroxylation is 8. The Labute approximate surface area is 793 Å². The summed E-state index contributed by atoms with van der Waals surface area (Å²) in [5.41, 5.74) is 24.4. The minimum absolute atomic E-state index is 0.0987. The molecule has 1 atom stereocenters. The van der Waals surface area contributed by atoms with Crippen LogP contribution in [0.3, 0.4) is 0 Å². The number of imidazole rings is 4. The molecule has 0 bridgehead atoms. The first-order chi connectivity index (χ1) is 66.3. The molecule has 8 aliphatic rings. The molecule has 0 spiro atoms. The van der Waals surface area contributed by atoms with Gasteiger partial charge in [0, 0.05) is 283 Å². The van der Waals surface area contributed by atoms with Crippen molar-refractivity contribution in [2.45, 2.75) is 162 Å². The minimum Gasteiger partial charge on any atom is -0.381 e. The Hall–Kier alpha value is -14.3. The molecule has 7 aliphatic heterocycles. The Morgan fingerprint density at radius 1 is 0.328 bits per heavy atom. The summed E-state index contributed by atoms with van der Waals surface area (Å²) < 4.78 is 29.9. The number of ether oxygens (including phenoxy) is 1. The van der Waals surface area contributed by atoms with Gasteiger partial charge in [-0.1, -0.05) is 58.4 Å². The van der Waals surface area contributed by atoms with E-state index in [1.54, 1.807) is 25.7 Å². The largest absolute Gasteiger partial charge is 0.381 e. The average molecular weight is 1850 g/mol. The van der Waals surface area contributed by atoms with Crippen molar-refractivity contribution in [1.82, 2.24) is 146 Å². The van der Waals surface area contributed by atoms with Gasteiger partial charge in [-0.3, -0.25) is 61.4 Å². The highest BCUT2D eigenvalue weighted by molar-refractivity contribution is 6.00. The van der Waals surface area contributed by atoms with Crippen LogP contribution in [0.2, 0.25) is 0 Å². The highest BCUT2D eigenvalue weighted by atomic mass is 16.5. The number of likely N-dealkylation sites (tertiary alicyclic amines) is 2. The number of benzene rings is 4. The second-order valence-electron chi connectivity index (χ2n) is 38.0. The van der Waals surface area contributed by atoms with E-state index in [9.17, 15) is 24.0 Å². The lowest BCUT2D eigenvalue weighted by Crippen LogP contribution is -2.49. The second kappa shape index (κ2) is 36.1. The number of carbonyl (C=O) groups is 5. The molecular weight excluding hydrogens is 1730 g/mol. The summed E-state index contributed by atoms with van der Waals surface area (Å²) >= 11 is 0. The highest BCUT2D eigenvalue weighted by Crippen LogP contribution is 2.45. The first kappa shape index (κ1) is 89.3. The molecule has 24 rings (SSSR count). The second-order valence-corrected chi connectivity index (χ2v) is 38.0. The Bertz CT molecular complexity index is 7400. The molecule has 1 unspecified atom stereocenters. The zero-order chi connectivity index (χ0) is 94.8. The van der Waals surface area contributed by atoms with Gasteiger partial charge in [0.15, 0.2) is 0 Å². The summed E-state index contributed by atoms with van der Waals surface area (Å²) in [5, 5.41) is 40.7. The third kappa shape index (κ3) is 16.3. The van der Waals surface area contributed by atoms with Crippen molar-refractivity contribution >= 4 is 73.1 Å². The third-order valence-corrected chi connectivity index (χ3v) is 29.1. The van der Waals surface area contributed by atoms with Gasteiger partial charge in [0.1, 0.15) is 46.1 Å². The molecule has 3 saturated heterocycles. The van der Waals surface area contributed by atoms with E-state index in [1.807, 2.05) is 177 Å². The predicted octanol–water partition coefficient (Wildman–Crippen LogP) is 12.1. The zero-order valence-corrected chi connectivity index (χ0v) is 80.6. The van der Waals surface area contributed by atoms with Crippen molar-refractivity contribution in [2.24, 2.45) is 56.4 Å². The van der Waals surface area contributed by atoms with Crippen LogP contribution in [-0.4, -0.2) is 248 Å². The van der Waals surface area contributed by atoms with Gasteiger partial charge in [-0.25, -0.2) is 19.9 Å². The fraction of sp³-hybridized carbons (Fsp3) is 0.436. The van der Waals surface area contributed by atoms with Crippen molar-refractivity contribution in [3.63, 3.8) is 0 Å². The quantitative estimate of drug-likeness (QED) is 0.0867. The highest BCUT2D eigenvalue weighted by Gasteiger charge is 2.41. The molecule has 12 aromatic heterocycles. The van der Waals surface area contributed by atoms with Crippen LogP contribution in [0.1, 0.15) is 156 Å². The number of rotatable bonds is 16. The number of hydrogen-bond donors (Lipinski definition) is 0. The summed E-state index contributed by atoms with van der Waals surface area (Å²) in [6.45, 7) is 22.6. The fourth-order valence-electron chi connectivity index (χ4n) is 21.3. The molecule has 16 aromatic rings. The van der Waals surface area contributed by atoms with Crippen LogP contribution in [0.5, 0.6) is 0 Å². The Morgan fingerprint density at radius 3 is 0.854 bits per heavy atom. The van der Waals surface area contributed by atoms with Gasteiger partial charge in [-0.05, 0) is 74.8 Å². The lowest BCUT2D eigenvalue weighted by atomic mass is 9.85. The number of nitrogens with zero attached hydrogens (tertiary/aromatic N) is 30. The van der Waals surface area contributed by atoms with E-state index in [2.05, 4.69) is 123 Å². The van der Waals surface area contributed by atoms with Gasteiger partial charge >= 0.3 is 0 Å². The molecule has 0 N–H and O–H groups in total. The van der Waals surface area contributed by atoms with Gasteiger partial charge in [0.2, 0.25) is 29.5 Å². The zero-order valence-electron chi connectivity index (χ0n) is 80.6. The predicted molar refractivity (Wildman–Crippen MR) is 519 cm³/mol. The van der Waals surface area contributed by atoms with Gasteiger partial charge in [-0.15, -0.1) is 0 Å². The van der Waals surface area contributed by atoms with Crippen LogP contribution in [0.4, 0.5) is 0 Å². The molecule has 19 heterocycles. The van der Waals surface area contributed by atoms with E-state index < -0.39 is 0 Å². The molecule has 5 amide bonds. The monoisotopic (exact) mass is 1850 g/mol. The van der Waals surface area contributed by atoms with Crippen LogP contribution in [0.15, 0.2) is 122 Å². The van der Waals surface area contributed by atoms with Crippen LogP contribution in [0, 0.1) is 0 Å². The molecular formula is C101H118N30O6. The smallest absolute Gasteiger partial charge is 0.222 e. The van der Waals surface area contributed by atoms with Crippen molar-refractivity contribution in [2.75, 3.05) is 72.6 Å². The summed E-state index contributed by atoms with van der Waals surface area (Å²) in [6, 6.07) is 25.7. The summed E-state index contributed by atoms with van der Waals surface area (Å²) in [7, 11) is 17.7. The fourth-order valence-corrected chi connectivity index (χ4v) is 21.3. The van der Waals surface area contributed by atoms with Crippen LogP contribution >= 0.6 is 0 Å². The molecule has 137 heavy (non-hydrogen) atoms. The molecule has 1 saturated carbocycles. The molecule has 708 valence electrons. The normalized spacial score (nSPS) is 16.7. The van der Waals surface area contributed by atoms with E-state index in [-0.39, 0.29) is 35.5 Å². The van der Waals surface area contributed by atoms with Crippen LogP contribution in [0.25, 0.3) is 134 Å². The third-order valence-electron chi connectivity index (χ3n) is 29.1. The minimum atomic E-state index is 0.0987. The lowest BCUT2D eigenvalue weighted by molar-refractivity contribution is -0.134. The average Bonchev–Trinajstić information content (AvgIpc) is 1.60. The summed E-state index contributed by atoms with van der Waals surface area (Å²) in [4.78, 5) is 94.7. The van der Waals surface area contributed by atoms with Crippen LogP contribution < -0.4 is 0 Å². The number of amides is 5. The SMILES string of the molecule is CCC(=O)N1CCn2c(C3CCC3)nc(-c3ccc4c(c3)c(-c3cnn(C)c3)nn4C)c2C1.CCC(=O)N1CCn2c(C3CCOC3)nc(-c3ccc4c(c3)c(-c3cnn(C)c3)nn4C)c2C1.CCC(=O)N1CCn2c(C3CN(C(C)=O)C3)nc(-c3ccc4c(c3)c(-c3cnn(C)c3)nn4C)c2C1.CCC(=O)N1CCn2c(C3CN(C)C3)nc(-c3ccc4c(c3)c(-c3cnn(C)c3)nn4C)c2C1. The van der Waals surface area contributed by atoms with Gasteiger partial charge in [0.25, 0.3) is 0 Å². The van der Waals surface area contributed by atoms with E-state index in [1.165, 1.54) is 25.1 Å². The standard InChI is InChI=1S/C26H30N8O2.C25H30N8O.C25H29N7O2.C25H29N7O/c1-5-23(36)32-8-9-34-22(15-32)25(28-26(34)19-13-33(14-19)16(2)35)17-6-7-21-20(10-17)24(29-31(21)4)18-11-27-30(3)12-18;1-5-22(34)32-8-9-33-21(15-32)24(27-25(33)18-12-29(2)13-18)16-6-7-20-19(10-16)23(28-31(20)4)17-11-26-30(3)14-17;1-4-22(33)31-8-9-32-21(14-31)24(27-25(32)17-7-10-34-15-17)16-5-6-20-19(11-16)23(28-30(20)3)18-12-26-29(2)13-18;1-4-22(33)31-10-11-32-21(15-31)24(27-25(32)16-6-5-7-16)17-8-9-20-19(12-17)23(28-30(20)3)18-13-26-29(2)14-18/h6-7,10-12,19H,5,8-9,13-15H2,1-4H3;6-7,10-11,14,18H,5,8-9,12-13,15H2,1-4H3;5-6,11-13,17H,4,7-10,14-15H2,1-3H3;8-9,12-14,16H,4-7,10-11,15H2,1-3H3. The van der Waals surface area contributed by atoms with E-state index in [0.717, 1.165) is 246 Å². The molecule has 4 fully saturated rings. The molecule has 1 aliphatic carbocycles. The number of fused-ring (bicyclic) bond motifs is 8. The van der Waals surface area contributed by atoms with Crippen molar-refractivity contribution < 1.29 is 28.7 Å². The topological polar surface area (TPSA) is 328 Å². The lowest BCUT2D eigenvalue weighted by Gasteiger charge is -2.39. The number of hydrogen-bond acceptors (Lipinski definition) is 19. The van der Waals surface area contributed by atoms with E-state index >= 15 is 0 Å². The first-order valence-corrected chi connectivity index (χ1v) is 48.2. The maximum atomic E-state index is 12.6. The summed E-state index contributed by atoms with van der Waals surface area (Å²) in [6.07, 6.45) is 22.1. The van der Waals surface area contributed by atoms with E-state index in [0.29, 0.717) is 95.9 Å². The van der Waals surface area contributed by atoms with Crippen molar-refractivity contribution in [1.29, 1.82) is 0 Å². The number of aromatic nitrogens is 24. The molecule has 36 heteroatoms. The number of carbonyl (C=O) groups excluding carboxylic acids is 5. The van der Waals surface area contributed by atoms with Gasteiger partial charge in [-0.2, -0.15) is 40.8 Å². The van der Waals surface area contributed by atoms with Crippen molar-refractivity contribution in [3.05, 3.63) is 168 Å². The summed E-state index contributed by atoms with van der Waals surface area (Å²) in [5.74, 6) is 6.80. The number of likely N-dealkylation sites (N-methyl/N-ethyl adjacent to an activating group) is 1. The Balaban J connectivity index is 0.000000109. The van der Waals surface area contributed by atoms with Crippen molar-refractivity contribution in [3.8, 4) is 90.1 Å². The maximum absolute atomic E-state index is 12.6.